The predicted octanol–water partition coefficient (Wildman–Crippen LogP) is 3.25. The van der Waals surface area contributed by atoms with Crippen LogP contribution in [0.4, 0.5) is 5.69 Å². The molecule has 3 aromatic rings. The van der Waals surface area contributed by atoms with Crippen LogP contribution in [0.2, 0.25) is 0 Å². The molecule has 0 aliphatic heterocycles. The van der Waals surface area contributed by atoms with Crippen LogP contribution in [-0.4, -0.2) is 11.8 Å². The first kappa shape index (κ1) is 13.3. The van der Waals surface area contributed by atoms with Gasteiger partial charge in [-0.15, -0.1) is 11.3 Å². The van der Waals surface area contributed by atoms with Gasteiger partial charge in [0.25, 0.3) is 11.8 Å². The Kier molecular flexibility index (Phi) is 3.41. The number of nitrogens with two attached hydrogens (primary N) is 1. The van der Waals surface area contributed by atoms with Crippen LogP contribution in [0.5, 0.6) is 0 Å². The van der Waals surface area contributed by atoms with Crippen LogP contribution in [0, 0.1) is 0 Å². The highest BCUT2D eigenvalue weighted by Gasteiger charge is 2.15. The van der Waals surface area contributed by atoms with Gasteiger partial charge < -0.3 is 11.1 Å². The van der Waals surface area contributed by atoms with Gasteiger partial charge in [-0.05, 0) is 28.3 Å². The minimum Gasteiger partial charge on any atom is -0.366 e. The molecule has 2 amide bonds. The van der Waals surface area contributed by atoms with Gasteiger partial charge in [-0.1, -0.05) is 36.4 Å². The zero-order chi connectivity index (χ0) is 14.8. The Balaban J connectivity index is 2.08. The molecule has 0 unspecified atom stereocenters. The molecule has 0 bridgehead atoms. The number of rotatable bonds is 3. The van der Waals surface area contributed by atoms with E-state index in [1.807, 2.05) is 35.7 Å². The van der Waals surface area contributed by atoms with Gasteiger partial charge in [-0.3, -0.25) is 9.59 Å². The Morgan fingerprint density at radius 3 is 2.52 bits per heavy atom. The van der Waals surface area contributed by atoms with Crippen LogP contribution in [0.15, 0.2) is 53.9 Å². The van der Waals surface area contributed by atoms with Crippen molar-refractivity contribution in [2.75, 3.05) is 5.32 Å². The molecule has 1 heterocycles. The Labute approximate surface area is 125 Å². The van der Waals surface area contributed by atoms with Crippen molar-refractivity contribution in [1.29, 1.82) is 0 Å². The van der Waals surface area contributed by atoms with Crippen molar-refractivity contribution in [3.63, 3.8) is 0 Å². The fourth-order valence-electron chi connectivity index (χ4n) is 2.23. The van der Waals surface area contributed by atoms with E-state index in [-0.39, 0.29) is 5.91 Å². The van der Waals surface area contributed by atoms with Crippen molar-refractivity contribution in [2.45, 2.75) is 0 Å². The Bertz CT molecular complexity index is 825. The molecule has 0 aliphatic rings. The van der Waals surface area contributed by atoms with Crippen molar-refractivity contribution in [3.8, 4) is 0 Å². The largest absolute Gasteiger partial charge is 0.366 e. The number of amides is 2. The van der Waals surface area contributed by atoms with Crippen LogP contribution in [0.1, 0.15) is 20.0 Å². The molecule has 0 saturated heterocycles. The highest BCUT2D eigenvalue weighted by atomic mass is 32.1. The lowest BCUT2D eigenvalue weighted by Crippen LogP contribution is -2.18. The summed E-state index contributed by atoms with van der Waals surface area (Å²) in [4.78, 5) is 24.5. The third kappa shape index (κ3) is 2.51. The van der Waals surface area contributed by atoms with Gasteiger partial charge in [0.2, 0.25) is 0 Å². The number of carbonyl (C=O) groups is 2. The van der Waals surface area contributed by atoms with E-state index < -0.39 is 5.91 Å². The lowest BCUT2D eigenvalue weighted by molar-refractivity contribution is 0.100. The molecule has 0 spiro atoms. The maximum Gasteiger partial charge on any atom is 0.265 e. The quantitative estimate of drug-likeness (QED) is 0.778. The maximum absolute atomic E-state index is 12.1. The lowest BCUT2D eigenvalue weighted by Gasteiger charge is -2.11. The van der Waals surface area contributed by atoms with E-state index in [0.717, 1.165) is 10.8 Å². The first-order valence-electron chi connectivity index (χ1n) is 6.33. The first-order valence-corrected chi connectivity index (χ1v) is 7.21. The van der Waals surface area contributed by atoms with Crippen LogP contribution in [0.25, 0.3) is 10.8 Å². The van der Waals surface area contributed by atoms with Crippen LogP contribution in [-0.2, 0) is 0 Å². The average molecular weight is 296 g/mol. The molecule has 5 heteroatoms. The number of fused-ring (bicyclic) bond motifs is 1. The van der Waals surface area contributed by atoms with E-state index >= 15 is 0 Å². The second kappa shape index (κ2) is 5.38. The standard InChI is InChI=1S/C16H12N2O2S/c17-15(19)14-11-5-2-1-4-10(11)7-8-12(14)18-16(20)13-6-3-9-21-13/h1-9H,(H2,17,19)(H,18,20). The smallest absolute Gasteiger partial charge is 0.265 e. The second-order valence-corrected chi connectivity index (χ2v) is 5.45. The molecule has 3 N–H and O–H groups in total. The van der Waals surface area contributed by atoms with Gasteiger partial charge in [0.05, 0.1) is 16.1 Å². The molecule has 2 aromatic carbocycles. The third-order valence-corrected chi connectivity index (χ3v) is 4.04. The van der Waals surface area contributed by atoms with Gasteiger partial charge in [-0.2, -0.15) is 0 Å². The van der Waals surface area contributed by atoms with E-state index in [1.54, 1.807) is 18.2 Å². The van der Waals surface area contributed by atoms with E-state index in [9.17, 15) is 9.59 Å². The van der Waals surface area contributed by atoms with Gasteiger partial charge in [0.15, 0.2) is 0 Å². The van der Waals surface area contributed by atoms with Crippen LogP contribution < -0.4 is 11.1 Å². The normalized spacial score (nSPS) is 10.5. The van der Waals surface area contributed by atoms with E-state index in [0.29, 0.717) is 16.1 Å². The highest BCUT2D eigenvalue weighted by molar-refractivity contribution is 7.12. The number of hydrogen-bond acceptors (Lipinski definition) is 3. The average Bonchev–Trinajstić information content (AvgIpc) is 3.01. The van der Waals surface area contributed by atoms with Gasteiger partial charge in [-0.25, -0.2) is 0 Å². The molecule has 104 valence electrons. The summed E-state index contributed by atoms with van der Waals surface area (Å²) in [5.74, 6) is -0.809. The Hall–Kier alpha value is -2.66. The highest BCUT2D eigenvalue weighted by Crippen LogP contribution is 2.26. The predicted molar refractivity (Wildman–Crippen MR) is 84.7 cm³/mol. The van der Waals surface area contributed by atoms with E-state index in [4.69, 9.17) is 5.73 Å². The fraction of sp³-hybridized carbons (Fsp3) is 0. The van der Waals surface area contributed by atoms with Gasteiger partial charge in [0, 0.05) is 0 Å². The number of nitrogens with one attached hydrogen (secondary N) is 1. The van der Waals surface area contributed by atoms with Crippen molar-refractivity contribution in [1.82, 2.24) is 0 Å². The number of thiophene rings is 1. The number of hydrogen-bond donors (Lipinski definition) is 2. The zero-order valence-electron chi connectivity index (χ0n) is 11.0. The molecule has 0 fully saturated rings. The molecule has 0 radical (unpaired) electrons. The van der Waals surface area contributed by atoms with Gasteiger partial charge in [0.1, 0.15) is 0 Å². The van der Waals surface area contributed by atoms with Crippen molar-refractivity contribution in [2.24, 2.45) is 5.73 Å². The molecule has 0 atom stereocenters. The maximum atomic E-state index is 12.1. The molecule has 0 aliphatic carbocycles. The summed E-state index contributed by atoms with van der Waals surface area (Å²) >= 11 is 1.34. The summed E-state index contributed by atoms with van der Waals surface area (Å²) in [5, 5.41) is 6.21. The molecule has 0 saturated carbocycles. The minimum absolute atomic E-state index is 0.247. The van der Waals surface area contributed by atoms with Crippen molar-refractivity contribution >= 4 is 39.6 Å². The molecule has 21 heavy (non-hydrogen) atoms. The molecule has 1 aromatic heterocycles. The lowest BCUT2D eigenvalue weighted by atomic mass is 10.0. The van der Waals surface area contributed by atoms with E-state index in [1.165, 1.54) is 11.3 Å². The number of carbonyl (C=O) groups excluding carboxylic acids is 2. The number of primary amides is 1. The Morgan fingerprint density at radius 2 is 1.81 bits per heavy atom. The third-order valence-electron chi connectivity index (χ3n) is 3.17. The summed E-state index contributed by atoms with van der Waals surface area (Å²) in [5.41, 5.74) is 6.25. The molecular formula is C16H12N2O2S. The summed E-state index contributed by atoms with van der Waals surface area (Å²) in [7, 11) is 0. The SMILES string of the molecule is NC(=O)c1c(NC(=O)c2cccs2)ccc2ccccc12. The zero-order valence-corrected chi connectivity index (χ0v) is 11.8. The van der Waals surface area contributed by atoms with Crippen molar-refractivity contribution in [3.05, 3.63) is 64.4 Å². The monoisotopic (exact) mass is 296 g/mol. The van der Waals surface area contributed by atoms with Crippen molar-refractivity contribution < 1.29 is 9.59 Å². The molecule has 4 nitrogen and oxygen atoms in total. The topological polar surface area (TPSA) is 72.2 Å². The second-order valence-electron chi connectivity index (χ2n) is 4.50. The Morgan fingerprint density at radius 1 is 1.00 bits per heavy atom. The van der Waals surface area contributed by atoms with Gasteiger partial charge >= 0.3 is 0 Å². The van der Waals surface area contributed by atoms with E-state index in [2.05, 4.69) is 5.32 Å². The first-order chi connectivity index (χ1) is 10.2. The van der Waals surface area contributed by atoms with Crippen LogP contribution in [0.3, 0.4) is 0 Å². The molecule has 3 rings (SSSR count). The summed E-state index contributed by atoms with van der Waals surface area (Å²) in [6.45, 7) is 0. The number of benzene rings is 2. The number of anilines is 1. The van der Waals surface area contributed by atoms with Crippen LogP contribution >= 0.6 is 11.3 Å². The summed E-state index contributed by atoms with van der Waals surface area (Å²) < 4.78 is 0. The summed E-state index contributed by atoms with van der Waals surface area (Å²) in [6, 6.07) is 14.5. The minimum atomic E-state index is -0.562. The fourth-order valence-corrected chi connectivity index (χ4v) is 2.85. The summed E-state index contributed by atoms with van der Waals surface area (Å²) in [6.07, 6.45) is 0. The molecular weight excluding hydrogens is 284 g/mol.